The zero-order valence-corrected chi connectivity index (χ0v) is 32.5. The number of carbonyl (C=O) groups is 2. The number of alkyl halides is 1. The van der Waals surface area contributed by atoms with E-state index in [2.05, 4.69) is 0 Å². The van der Waals surface area contributed by atoms with Gasteiger partial charge in [-0.25, -0.2) is 0 Å². The third kappa shape index (κ3) is 6.45. The summed E-state index contributed by atoms with van der Waals surface area (Å²) in [5.41, 5.74) is -0.779. The van der Waals surface area contributed by atoms with Gasteiger partial charge in [0.2, 0.25) is 0 Å². The molecule has 0 heterocycles. The third-order valence-electron chi connectivity index (χ3n) is 18.3. The molecule has 16 rings (SSSR count). The number of aliphatic hydroxyl groups is 2. The summed E-state index contributed by atoms with van der Waals surface area (Å²) in [6.45, 7) is 0.149. The minimum Gasteiger partial charge on any atom is -0.481 e. The summed E-state index contributed by atoms with van der Waals surface area (Å²) in [5, 5.41) is 29.6. The number of halogens is 1. The number of hydrogen-bond acceptors (Lipinski definition) is 7. The molecule has 4 unspecified atom stereocenters. The van der Waals surface area contributed by atoms with Gasteiger partial charge in [0.1, 0.15) is 6.07 Å². The van der Waals surface area contributed by atoms with Crippen molar-refractivity contribution < 1.29 is 39.1 Å². The van der Waals surface area contributed by atoms with E-state index in [9.17, 15) is 24.9 Å². The van der Waals surface area contributed by atoms with Crippen molar-refractivity contribution in [3.63, 3.8) is 0 Å². The number of ether oxygens (including phenoxy) is 3. The van der Waals surface area contributed by atoms with Gasteiger partial charge in [-0.15, -0.1) is 0 Å². The van der Waals surface area contributed by atoms with Crippen molar-refractivity contribution in [1.82, 2.24) is 0 Å². The maximum Gasteiger partial charge on any atom is 0.314 e. The Labute approximate surface area is 321 Å². The Hall–Kier alpha value is -0.930. The van der Waals surface area contributed by atoms with Crippen LogP contribution in [0.5, 0.6) is 0 Å². The molecule has 16 bridgehead atoms. The van der Waals surface area contributed by atoms with Gasteiger partial charge in [0.15, 0.2) is 6.79 Å². The highest BCUT2D eigenvalue weighted by Crippen LogP contribution is 2.62. The summed E-state index contributed by atoms with van der Waals surface area (Å²) in [6.07, 6.45) is 23.7. The minimum atomic E-state index is -0.621. The Kier molecular flexibility index (Phi) is 9.53. The van der Waals surface area contributed by atoms with Crippen LogP contribution in [-0.2, 0) is 23.8 Å². The second kappa shape index (κ2) is 13.9. The Morgan fingerprint density at radius 2 is 0.849 bits per heavy atom. The summed E-state index contributed by atoms with van der Waals surface area (Å²) in [7, 11) is 0. The molecule has 4 atom stereocenters. The van der Waals surface area contributed by atoms with E-state index < -0.39 is 11.4 Å². The molecule has 3 N–H and O–H groups in total. The topological polar surface area (TPSA) is 123 Å². The lowest BCUT2D eigenvalue weighted by Crippen LogP contribution is -2.56. The van der Waals surface area contributed by atoms with Crippen LogP contribution in [0.4, 0.5) is 0 Å². The predicted octanol–water partition coefficient (Wildman–Crippen LogP) is 7.80. The van der Waals surface area contributed by atoms with Crippen molar-refractivity contribution in [1.29, 1.82) is 0 Å². The Bertz CT molecular complexity index is 1310. The first-order valence-corrected chi connectivity index (χ1v) is 22.7. The second-order valence-electron chi connectivity index (χ2n) is 21.6. The second-order valence-corrected chi connectivity index (χ2v) is 21.8. The fourth-order valence-corrected chi connectivity index (χ4v) is 17.3. The lowest BCUT2D eigenvalue weighted by atomic mass is 9.48. The Balaban J connectivity index is 0.000000109. The van der Waals surface area contributed by atoms with E-state index in [1.54, 1.807) is 0 Å². The zero-order chi connectivity index (χ0) is 36.2. The zero-order valence-electron chi connectivity index (χ0n) is 31.7. The molecule has 53 heavy (non-hydrogen) atoms. The van der Waals surface area contributed by atoms with Gasteiger partial charge in [0.25, 0.3) is 0 Å². The van der Waals surface area contributed by atoms with Crippen LogP contribution in [0.2, 0.25) is 0 Å². The molecule has 296 valence electrons. The first kappa shape index (κ1) is 36.4. The highest BCUT2D eigenvalue weighted by Gasteiger charge is 2.60. The number of carboxylic acids is 1. The molecule has 16 aliphatic rings. The van der Waals surface area contributed by atoms with E-state index >= 15 is 0 Å². The smallest absolute Gasteiger partial charge is 0.314 e. The van der Waals surface area contributed by atoms with Gasteiger partial charge in [0, 0.05) is 0 Å². The number of aliphatic hydroxyl groups excluding tert-OH is 2. The first-order valence-electron chi connectivity index (χ1n) is 22.1. The molecule has 8 nitrogen and oxygen atoms in total. The molecule has 0 amide bonds. The van der Waals surface area contributed by atoms with Gasteiger partial charge >= 0.3 is 11.9 Å². The van der Waals surface area contributed by atoms with E-state index in [0.29, 0.717) is 53.8 Å². The molecule has 16 aliphatic carbocycles. The Morgan fingerprint density at radius 1 is 0.491 bits per heavy atom. The lowest BCUT2D eigenvalue weighted by Gasteiger charge is -2.57. The molecule has 0 aromatic carbocycles. The van der Waals surface area contributed by atoms with Crippen LogP contribution < -0.4 is 0 Å². The number of rotatable bonds is 7. The van der Waals surface area contributed by atoms with Crippen molar-refractivity contribution >= 4 is 23.5 Å². The predicted molar refractivity (Wildman–Crippen MR) is 197 cm³/mol. The lowest BCUT2D eigenvalue weighted by molar-refractivity contribution is -0.209. The van der Waals surface area contributed by atoms with Gasteiger partial charge in [-0.1, -0.05) is 11.6 Å². The normalized spacial score (nSPS) is 55.0. The van der Waals surface area contributed by atoms with Crippen LogP contribution in [0.3, 0.4) is 0 Å². The van der Waals surface area contributed by atoms with Crippen molar-refractivity contribution in [2.45, 2.75) is 153 Å². The Morgan fingerprint density at radius 3 is 1.25 bits per heavy atom. The third-order valence-corrected chi connectivity index (χ3v) is 18.4. The molecule has 0 spiro atoms. The first-order chi connectivity index (χ1) is 25.6. The SMILES string of the molecule is ClCOC1C2CC3CC(C2)CC1C3.O=C(O)C12CC3CC(C1)C(O)C(C3)C2.O=C(OCOC1C2CC3CC(C2)CC1C3)C12CC3CC(C1)C(O)C(C3)C2. The number of carboxylic acid groups (broad SMARTS) is 1. The number of aliphatic carboxylic acids is 1. The molecule has 0 aliphatic heterocycles. The molecular formula is C44H65ClO8. The maximum atomic E-state index is 13.0. The number of hydrogen-bond donors (Lipinski definition) is 3. The van der Waals surface area contributed by atoms with Crippen molar-refractivity contribution in [2.24, 2.45) is 93.7 Å². The fraction of sp³-hybridized carbons (Fsp3) is 0.955. The molecular weight excluding hydrogens is 692 g/mol. The quantitative estimate of drug-likeness (QED) is 0.137. The maximum absolute atomic E-state index is 13.0. The van der Waals surface area contributed by atoms with Gasteiger partial charge in [-0.2, -0.15) is 0 Å². The van der Waals surface area contributed by atoms with Gasteiger partial charge in [-0.05, 0) is 211 Å². The molecule has 0 aromatic heterocycles. The molecule has 9 heteroatoms. The van der Waals surface area contributed by atoms with E-state index in [-0.39, 0.29) is 42.2 Å². The average Bonchev–Trinajstić information content (AvgIpc) is 3.11. The summed E-state index contributed by atoms with van der Waals surface area (Å²) >= 11 is 5.67. The van der Waals surface area contributed by atoms with Crippen LogP contribution in [0.15, 0.2) is 0 Å². The molecule has 0 saturated heterocycles. The van der Waals surface area contributed by atoms with E-state index in [1.807, 2.05) is 0 Å². The van der Waals surface area contributed by atoms with Crippen LogP contribution in [0, 0.1) is 93.7 Å². The van der Waals surface area contributed by atoms with Gasteiger partial charge in [0.05, 0.1) is 35.2 Å². The minimum absolute atomic E-state index is 0.0346. The number of carbonyl (C=O) groups excluding carboxylic acids is 1. The molecule has 16 fully saturated rings. The summed E-state index contributed by atoms with van der Waals surface area (Å²) in [4.78, 5) is 24.2. The largest absolute Gasteiger partial charge is 0.481 e. The van der Waals surface area contributed by atoms with E-state index in [0.717, 1.165) is 99.7 Å². The summed E-state index contributed by atoms with van der Waals surface area (Å²) in [5.74, 6) is 8.82. The summed E-state index contributed by atoms with van der Waals surface area (Å²) in [6, 6.07) is 0.396. The fourth-order valence-electron chi connectivity index (χ4n) is 17.2. The van der Waals surface area contributed by atoms with Crippen molar-refractivity contribution in [3.8, 4) is 0 Å². The van der Waals surface area contributed by atoms with Crippen LogP contribution >= 0.6 is 11.6 Å². The number of esters is 1. The standard InChI is InChI=1S/C22H32O4.C11H17ClO.C11H16O3/c23-19-17-6-14-7-18(19)10-22(8-14,9-17)21(24)26-11-25-20-15-2-12-1-13(4-15)5-16(20)3-12;12-6-13-11-9-2-7-1-8(4-9)5-10(11)3-7;12-9-7-1-6-2-8(9)5-11(3-6,4-7)10(13)14/h12-20,23H,1-11H2;7-11H,1-6H2;6-9,12H,1-5H2,(H,13,14). The van der Waals surface area contributed by atoms with Crippen LogP contribution in [-0.4, -0.2) is 64.5 Å². The van der Waals surface area contributed by atoms with Crippen LogP contribution in [0.1, 0.15) is 128 Å². The summed E-state index contributed by atoms with van der Waals surface area (Å²) < 4.78 is 17.6. The molecule has 0 radical (unpaired) electrons. The van der Waals surface area contributed by atoms with Crippen molar-refractivity contribution in [3.05, 3.63) is 0 Å². The van der Waals surface area contributed by atoms with Gasteiger partial charge in [-0.3, -0.25) is 9.59 Å². The molecule has 16 saturated carbocycles. The molecule has 0 aromatic rings. The van der Waals surface area contributed by atoms with E-state index in [4.69, 9.17) is 25.8 Å². The highest BCUT2D eigenvalue weighted by molar-refractivity contribution is 6.17. The highest BCUT2D eigenvalue weighted by atomic mass is 35.5. The monoisotopic (exact) mass is 756 g/mol. The van der Waals surface area contributed by atoms with Crippen molar-refractivity contribution in [2.75, 3.05) is 12.9 Å². The van der Waals surface area contributed by atoms with Crippen LogP contribution in [0.25, 0.3) is 0 Å². The van der Waals surface area contributed by atoms with Gasteiger partial charge < -0.3 is 29.5 Å². The van der Waals surface area contributed by atoms with E-state index in [1.165, 1.54) is 64.2 Å². The average molecular weight is 757 g/mol.